The second-order valence-electron chi connectivity index (χ2n) is 9.44. The van der Waals surface area contributed by atoms with Gasteiger partial charge in [0.2, 0.25) is 5.91 Å². The van der Waals surface area contributed by atoms with E-state index in [1.54, 1.807) is 9.80 Å². The second kappa shape index (κ2) is 8.17. The zero-order valence-corrected chi connectivity index (χ0v) is 18.3. The molecule has 1 aliphatic heterocycles. The Balaban J connectivity index is 1.21. The Morgan fingerprint density at radius 1 is 0.875 bits per heavy atom. The van der Waals surface area contributed by atoms with Gasteiger partial charge in [-0.15, -0.1) is 0 Å². The number of hydrogen-bond donors (Lipinski definition) is 1. The van der Waals surface area contributed by atoms with Crippen LogP contribution in [0.25, 0.3) is 11.1 Å². The van der Waals surface area contributed by atoms with Gasteiger partial charge in [0.15, 0.2) is 0 Å². The number of piperazine rings is 1. The largest absolute Gasteiger partial charge is 0.338 e. The highest BCUT2D eigenvalue weighted by Crippen LogP contribution is 2.34. The van der Waals surface area contributed by atoms with Crippen LogP contribution in [0.4, 0.5) is 0 Å². The molecule has 2 saturated carbocycles. The van der Waals surface area contributed by atoms with Crippen molar-refractivity contribution in [3.05, 3.63) is 59.7 Å². The molecule has 6 heteroatoms. The summed E-state index contributed by atoms with van der Waals surface area (Å²) >= 11 is 0. The van der Waals surface area contributed by atoms with Gasteiger partial charge in [0, 0.05) is 44.1 Å². The predicted molar refractivity (Wildman–Crippen MR) is 122 cm³/mol. The Kier molecular flexibility index (Phi) is 5.33. The summed E-state index contributed by atoms with van der Waals surface area (Å²) < 4.78 is 0. The molecule has 2 aromatic rings. The van der Waals surface area contributed by atoms with E-state index in [1.807, 2.05) is 42.5 Å². The van der Waals surface area contributed by atoms with Crippen molar-refractivity contribution >= 4 is 17.6 Å². The SMILES string of the molecule is NC1(C(=O)N2CCN(C(=O)c3ccc(-c4cccc(CC(=O)C5CC5)c4)cc3)CC2)CC1. The Morgan fingerprint density at radius 3 is 2.16 bits per heavy atom. The van der Waals surface area contributed by atoms with Crippen LogP contribution in [0.1, 0.15) is 41.6 Å². The van der Waals surface area contributed by atoms with Gasteiger partial charge in [-0.3, -0.25) is 14.4 Å². The monoisotopic (exact) mass is 431 g/mol. The van der Waals surface area contributed by atoms with Crippen molar-refractivity contribution in [2.24, 2.45) is 11.7 Å². The number of benzene rings is 2. The number of carbonyl (C=O) groups excluding carboxylic acids is 3. The third-order valence-electron chi connectivity index (χ3n) is 6.87. The van der Waals surface area contributed by atoms with Crippen LogP contribution in [-0.2, 0) is 16.0 Å². The number of carbonyl (C=O) groups is 3. The lowest BCUT2D eigenvalue weighted by atomic mass is 9.98. The molecule has 1 saturated heterocycles. The molecule has 0 bridgehead atoms. The molecule has 2 amide bonds. The molecule has 0 radical (unpaired) electrons. The van der Waals surface area contributed by atoms with E-state index in [-0.39, 0.29) is 17.7 Å². The standard InChI is InChI=1S/C26H29N3O3/c27-26(10-11-26)25(32)29-14-12-28(13-15-29)24(31)21-8-4-19(5-9-21)22-3-1-2-18(16-22)17-23(30)20-6-7-20/h1-5,8-9,16,20H,6-7,10-15,17,27H2. The molecule has 5 rings (SSSR count). The van der Waals surface area contributed by atoms with Gasteiger partial charge in [-0.05, 0) is 54.5 Å². The lowest BCUT2D eigenvalue weighted by molar-refractivity contribution is -0.135. The van der Waals surface area contributed by atoms with Crippen molar-refractivity contribution in [2.75, 3.05) is 26.2 Å². The average Bonchev–Trinajstić information content (AvgIpc) is 3.75. The zero-order chi connectivity index (χ0) is 22.3. The minimum atomic E-state index is -0.648. The molecule has 3 fully saturated rings. The zero-order valence-electron chi connectivity index (χ0n) is 18.3. The van der Waals surface area contributed by atoms with E-state index in [0.29, 0.717) is 43.9 Å². The van der Waals surface area contributed by atoms with Crippen LogP contribution in [-0.4, -0.2) is 59.1 Å². The molecule has 1 heterocycles. The summed E-state index contributed by atoms with van der Waals surface area (Å²) in [6.07, 6.45) is 4.09. The van der Waals surface area contributed by atoms with Crippen molar-refractivity contribution in [1.29, 1.82) is 0 Å². The summed E-state index contributed by atoms with van der Waals surface area (Å²) in [5, 5.41) is 0. The van der Waals surface area contributed by atoms with Crippen molar-refractivity contribution in [2.45, 2.75) is 37.6 Å². The van der Waals surface area contributed by atoms with Crippen LogP contribution in [0.15, 0.2) is 48.5 Å². The molecular formula is C26H29N3O3. The molecule has 6 nitrogen and oxygen atoms in total. The molecule has 2 aliphatic carbocycles. The molecule has 0 spiro atoms. The Hall–Kier alpha value is -2.99. The topological polar surface area (TPSA) is 83.7 Å². The Labute approximate surface area is 188 Å². The van der Waals surface area contributed by atoms with Gasteiger partial charge < -0.3 is 15.5 Å². The van der Waals surface area contributed by atoms with Gasteiger partial charge in [0.25, 0.3) is 5.91 Å². The number of nitrogens with zero attached hydrogens (tertiary/aromatic N) is 2. The average molecular weight is 432 g/mol. The third-order valence-corrected chi connectivity index (χ3v) is 6.87. The van der Waals surface area contributed by atoms with Gasteiger partial charge in [-0.2, -0.15) is 0 Å². The van der Waals surface area contributed by atoms with E-state index < -0.39 is 5.54 Å². The number of amides is 2. The highest BCUT2D eigenvalue weighted by atomic mass is 16.2. The van der Waals surface area contributed by atoms with Crippen LogP contribution in [0, 0.1) is 5.92 Å². The van der Waals surface area contributed by atoms with Gasteiger partial charge in [0.1, 0.15) is 5.78 Å². The summed E-state index contributed by atoms with van der Waals surface area (Å²) in [5.41, 5.74) is 9.14. The van der Waals surface area contributed by atoms with E-state index in [4.69, 9.17) is 5.73 Å². The van der Waals surface area contributed by atoms with Crippen LogP contribution in [0.5, 0.6) is 0 Å². The summed E-state index contributed by atoms with van der Waals surface area (Å²) in [5.74, 6) is 0.619. The summed E-state index contributed by atoms with van der Waals surface area (Å²) in [4.78, 5) is 41.1. The third kappa shape index (κ3) is 4.32. The normalized spacial score (nSPS) is 19.5. The van der Waals surface area contributed by atoms with Crippen LogP contribution in [0.3, 0.4) is 0 Å². The number of rotatable bonds is 6. The van der Waals surface area contributed by atoms with Crippen LogP contribution >= 0.6 is 0 Å². The first kappa shape index (κ1) is 20.9. The molecular weight excluding hydrogens is 402 g/mol. The van der Waals surface area contributed by atoms with Crippen molar-refractivity contribution < 1.29 is 14.4 Å². The quantitative estimate of drug-likeness (QED) is 0.762. The number of ketones is 1. The second-order valence-corrected chi connectivity index (χ2v) is 9.44. The number of hydrogen-bond acceptors (Lipinski definition) is 4. The summed E-state index contributed by atoms with van der Waals surface area (Å²) in [7, 11) is 0. The maximum atomic E-state index is 12.9. The predicted octanol–water partition coefficient (Wildman–Crippen LogP) is 2.65. The van der Waals surface area contributed by atoms with E-state index in [9.17, 15) is 14.4 Å². The highest BCUT2D eigenvalue weighted by molar-refractivity contribution is 5.95. The summed E-state index contributed by atoms with van der Waals surface area (Å²) in [6.45, 7) is 2.13. The lowest BCUT2D eigenvalue weighted by Gasteiger charge is -2.36. The number of Topliss-reactive ketones (excluding diaryl/α,β-unsaturated/α-hetero) is 1. The van der Waals surface area contributed by atoms with E-state index >= 15 is 0 Å². The molecule has 0 unspecified atom stereocenters. The van der Waals surface area contributed by atoms with E-state index in [1.165, 1.54) is 0 Å². The molecule has 32 heavy (non-hydrogen) atoms. The first-order valence-corrected chi connectivity index (χ1v) is 11.5. The molecule has 0 atom stereocenters. The molecule has 0 aromatic heterocycles. The fourth-order valence-corrected chi connectivity index (χ4v) is 4.38. The Morgan fingerprint density at radius 2 is 1.53 bits per heavy atom. The smallest absolute Gasteiger partial charge is 0.253 e. The lowest BCUT2D eigenvalue weighted by Crippen LogP contribution is -2.55. The molecule has 166 valence electrons. The minimum absolute atomic E-state index is 0.0127. The van der Waals surface area contributed by atoms with Crippen LogP contribution < -0.4 is 5.73 Å². The van der Waals surface area contributed by atoms with Crippen molar-refractivity contribution in [3.8, 4) is 11.1 Å². The summed E-state index contributed by atoms with van der Waals surface area (Å²) in [6, 6.07) is 15.7. The van der Waals surface area contributed by atoms with Crippen molar-refractivity contribution in [3.63, 3.8) is 0 Å². The van der Waals surface area contributed by atoms with Gasteiger partial charge in [-0.1, -0.05) is 36.4 Å². The molecule has 2 N–H and O–H groups in total. The maximum absolute atomic E-state index is 12.9. The van der Waals surface area contributed by atoms with Gasteiger partial charge >= 0.3 is 0 Å². The Bertz CT molecular complexity index is 1050. The fraction of sp³-hybridized carbons (Fsp3) is 0.423. The van der Waals surface area contributed by atoms with E-state index in [2.05, 4.69) is 6.07 Å². The van der Waals surface area contributed by atoms with E-state index in [0.717, 1.165) is 42.4 Å². The van der Waals surface area contributed by atoms with Crippen molar-refractivity contribution in [1.82, 2.24) is 9.80 Å². The minimum Gasteiger partial charge on any atom is -0.338 e. The maximum Gasteiger partial charge on any atom is 0.253 e. The highest BCUT2D eigenvalue weighted by Gasteiger charge is 2.48. The van der Waals surface area contributed by atoms with Crippen LogP contribution in [0.2, 0.25) is 0 Å². The fourth-order valence-electron chi connectivity index (χ4n) is 4.38. The van der Waals surface area contributed by atoms with Gasteiger partial charge in [-0.25, -0.2) is 0 Å². The first-order chi connectivity index (χ1) is 15.4. The first-order valence-electron chi connectivity index (χ1n) is 11.5. The molecule has 2 aromatic carbocycles. The van der Waals surface area contributed by atoms with Gasteiger partial charge in [0.05, 0.1) is 5.54 Å². The molecule has 3 aliphatic rings. The number of nitrogens with two attached hydrogens (primary N) is 1.